The predicted molar refractivity (Wildman–Crippen MR) is 151 cm³/mol. The highest BCUT2D eigenvalue weighted by Crippen LogP contribution is 2.21. The topological polar surface area (TPSA) is 193 Å². The van der Waals surface area contributed by atoms with Crippen LogP contribution in [-0.4, -0.2) is 55.6 Å². The molecule has 0 unspecified atom stereocenters. The van der Waals surface area contributed by atoms with E-state index in [1.165, 1.54) is 79.7 Å². The molecule has 0 bridgehead atoms. The van der Waals surface area contributed by atoms with Gasteiger partial charge in [-0.1, -0.05) is 6.58 Å². The summed E-state index contributed by atoms with van der Waals surface area (Å²) in [5.74, 6) is -3.91. The van der Waals surface area contributed by atoms with E-state index < -0.39 is 55.6 Å². The van der Waals surface area contributed by atoms with Gasteiger partial charge in [-0.05, 0) is 79.7 Å². The number of hydrogen-bond acceptors (Lipinski definition) is 15. The second-order valence-corrected chi connectivity index (χ2v) is 8.73. The molecule has 0 fully saturated rings. The lowest BCUT2D eigenvalue weighted by Crippen LogP contribution is -2.19. The molecule has 0 spiro atoms. The van der Waals surface area contributed by atoms with Crippen molar-refractivity contribution in [1.29, 1.82) is 0 Å². The van der Waals surface area contributed by atoms with E-state index in [1.807, 2.05) is 0 Å². The highest BCUT2D eigenvalue weighted by Gasteiger charge is 2.15. The van der Waals surface area contributed by atoms with Crippen molar-refractivity contribution < 1.29 is 71.5 Å². The van der Waals surface area contributed by atoms with Crippen molar-refractivity contribution in [1.82, 2.24) is 0 Å². The van der Waals surface area contributed by atoms with Gasteiger partial charge >= 0.3 is 36.2 Å². The van der Waals surface area contributed by atoms with Crippen molar-refractivity contribution in [2.24, 2.45) is 0 Å². The molecule has 0 saturated carbocycles. The van der Waals surface area contributed by atoms with Crippen LogP contribution in [0.15, 0.2) is 84.9 Å². The number of Topliss-reactive ketones (excluding diaryl/α,β-unsaturated/α-hetero) is 1. The molecule has 0 radical (unpaired) electrons. The molecule has 0 aliphatic rings. The zero-order chi connectivity index (χ0) is 33.6. The highest BCUT2D eigenvalue weighted by atomic mass is 16.8. The van der Waals surface area contributed by atoms with Gasteiger partial charge in [-0.25, -0.2) is 28.8 Å². The Balaban J connectivity index is 1.44. The molecule has 0 aromatic heterocycles. The van der Waals surface area contributed by atoms with Crippen LogP contribution >= 0.6 is 0 Å². The minimum Gasteiger partial charge on any atom is -0.424 e. The number of carbonyl (C=O) groups excluding carboxylic acids is 7. The standard InChI is InChI=1S/C31H24O15/c1-18(2)26(33)39-16-41-30(37)45-24-8-4-20(5-9-24)28(35)43-22-12-14-23(15-13-22)44-29(36)21-6-10-25(11-7-21)46-31(38)42-17-40-27(34)19(3)32/h4-15H,1,16-17H2,2-3H3. The van der Waals surface area contributed by atoms with Gasteiger partial charge in [-0.2, -0.15) is 0 Å². The summed E-state index contributed by atoms with van der Waals surface area (Å²) in [5, 5.41) is 0. The molecule has 0 amide bonds. The second-order valence-electron chi connectivity index (χ2n) is 8.73. The Bertz CT molecular complexity index is 1500. The number of ketones is 1. The lowest BCUT2D eigenvalue weighted by molar-refractivity contribution is -0.159. The summed E-state index contributed by atoms with van der Waals surface area (Å²) in [5.41, 5.74) is 0.370. The first-order chi connectivity index (χ1) is 21.9. The average molecular weight is 637 g/mol. The first kappa shape index (κ1) is 34.0. The van der Waals surface area contributed by atoms with Gasteiger partial charge in [0.1, 0.15) is 23.0 Å². The summed E-state index contributed by atoms with van der Waals surface area (Å²) in [7, 11) is 0. The van der Waals surface area contributed by atoms with Crippen LogP contribution in [-0.2, 0) is 33.3 Å². The van der Waals surface area contributed by atoms with Gasteiger partial charge < -0.3 is 37.9 Å². The van der Waals surface area contributed by atoms with Crippen LogP contribution in [0.2, 0.25) is 0 Å². The van der Waals surface area contributed by atoms with Gasteiger partial charge in [0.15, 0.2) is 0 Å². The Kier molecular flexibility index (Phi) is 12.1. The molecular formula is C31H24O15. The first-order valence-corrected chi connectivity index (χ1v) is 12.9. The quantitative estimate of drug-likeness (QED) is 0.0680. The fourth-order valence-electron chi connectivity index (χ4n) is 2.96. The molecule has 0 saturated heterocycles. The molecule has 15 heteroatoms. The molecule has 0 N–H and O–H groups in total. The van der Waals surface area contributed by atoms with Crippen molar-refractivity contribution >= 4 is 42.0 Å². The highest BCUT2D eigenvalue weighted by molar-refractivity contribution is 6.32. The Morgan fingerprint density at radius 1 is 0.478 bits per heavy atom. The maximum Gasteiger partial charge on any atom is 0.516 e. The van der Waals surface area contributed by atoms with Gasteiger partial charge in [-0.3, -0.25) is 4.79 Å². The maximum absolute atomic E-state index is 12.5. The van der Waals surface area contributed by atoms with Gasteiger partial charge in [0, 0.05) is 12.5 Å². The molecule has 238 valence electrons. The number of esters is 4. The summed E-state index contributed by atoms with van der Waals surface area (Å²) < 4.78 is 38.5. The number of hydrogen-bond donors (Lipinski definition) is 0. The van der Waals surface area contributed by atoms with Crippen LogP contribution in [0.1, 0.15) is 34.6 Å². The third-order valence-electron chi connectivity index (χ3n) is 5.20. The van der Waals surface area contributed by atoms with E-state index >= 15 is 0 Å². The van der Waals surface area contributed by atoms with Crippen molar-refractivity contribution in [3.8, 4) is 23.0 Å². The Labute approximate surface area is 260 Å². The minimum atomic E-state index is -1.21. The van der Waals surface area contributed by atoms with Crippen LogP contribution in [0, 0.1) is 0 Å². The van der Waals surface area contributed by atoms with E-state index in [0.717, 1.165) is 6.92 Å². The summed E-state index contributed by atoms with van der Waals surface area (Å²) in [6.45, 7) is 4.32. The summed E-state index contributed by atoms with van der Waals surface area (Å²) in [6.07, 6.45) is -2.35. The van der Waals surface area contributed by atoms with Crippen molar-refractivity contribution in [2.45, 2.75) is 13.8 Å². The summed E-state index contributed by atoms with van der Waals surface area (Å²) in [4.78, 5) is 81.3. The fraction of sp³-hybridized carbons (Fsp3) is 0.129. The monoisotopic (exact) mass is 636 g/mol. The molecule has 15 nitrogen and oxygen atoms in total. The Hall–Kier alpha value is -6.51. The minimum absolute atomic E-state index is 0.00842. The molecular weight excluding hydrogens is 612 g/mol. The van der Waals surface area contributed by atoms with Gasteiger partial charge in [0.2, 0.25) is 19.4 Å². The van der Waals surface area contributed by atoms with E-state index in [1.54, 1.807) is 0 Å². The van der Waals surface area contributed by atoms with E-state index in [9.17, 15) is 33.6 Å². The van der Waals surface area contributed by atoms with E-state index in [-0.39, 0.29) is 39.7 Å². The SMILES string of the molecule is C=C(C)C(=O)OCOC(=O)Oc1ccc(C(=O)Oc2ccc(OC(=O)c3ccc(OC(=O)OCOC(=O)C(C)=O)cc3)cc2)cc1. The summed E-state index contributed by atoms with van der Waals surface area (Å²) in [6, 6.07) is 16.1. The molecule has 0 aliphatic heterocycles. The van der Waals surface area contributed by atoms with E-state index in [4.69, 9.17) is 18.9 Å². The third kappa shape index (κ3) is 11.0. The molecule has 3 aromatic carbocycles. The third-order valence-corrected chi connectivity index (χ3v) is 5.20. The number of ether oxygens (including phenoxy) is 8. The lowest BCUT2D eigenvalue weighted by Gasteiger charge is -2.09. The predicted octanol–water partition coefficient (Wildman–Crippen LogP) is 4.32. The van der Waals surface area contributed by atoms with Crippen LogP contribution in [0.4, 0.5) is 9.59 Å². The molecule has 46 heavy (non-hydrogen) atoms. The van der Waals surface area contributed by atoms with Gasteiger partial charge in [0.05, 0.1) is 11.1 Å². The molecule has 0 heterocycles. The second kappa shape index (κ2) is 16.4. The molecule has 0 aliphatic carbocycles. The number of carbonyl (C=O) groups is 7. The average Bonchev–Trinajstić information content (AvgIpc) is 3.02. The fourth-order valence-corrected chi connectivity index (χ4v) is 2.96. The zero-order valence-corrected chi connectivity index (χ0v) is 24.2. The molecule has 3 aromatic rings. The number of benzene rings is 3. The van der Waals surface area contributed by atoms with Crippen LogP contribution in [0.3, 0.4) is 0 Å². The van der Waals surface area contributed by atoms with Crippen LogP contribution < -0.4 is 18.9 Å². The smallest absolute Gasteiger partial charge is 0.424 e. The van der Waals surface area contributed by atoms with Crippen molar-refractivity contribution in [2.75, 3.05) is 13.6 Å². The lowest BCUT2D eigenvalue weighted by atomic mass is 10.2. The first-order valence-electron chi connectivity index (χ1n) is 12.9. The molecule has 0 atom stereocenters. The van der Waals surface area contributed by atoms with E-state index in [2.05, 4.69) is 25.5 Å². The molecule has 3 rings (SSSR count). The van der Waals surface area contributed by atoms with Crippen molar-refractivity contribution in [3.05, 3.63) is 96.1 Å². The Morgan fingerprint density at radius 2 is 0.804 bits per heavy atom. The Morgan fingerprint density at radius 3 is 1.15 bits per heavy atom. The maximum atomic E-state index is 12.5. The van der Waals surface area contributed by atoms with Gasteiger partial charge in [0.25, 0.3) is 0 Å². The summed E-state index contributed by atoms with van der Waals surface area (Å²) >= 11 is 0. The van der Waals surface area contributed by atoms with Gasteiger partial charge in [-0.15, -0.1) is 0 Å². The van der Waals surface area contributed by atoms with Crippen LogP contribution in [0.25, 0.3) is 0 Å². The number of rotatable bonds is 12. The zero-order valence-electron chi connectivity index (χ0n) is 24.2. The largest absolute Gasteiger partial charge is 0.516 e. The van der Waals surface area contributed by atoms with Crippen molar-refractivity contribution in [3.63, 3.8) is 0 Å². The van der Waals surface area contributed by atoms with Crippen LogP contribution in [0.5, 0.6) is 23.0 Å². The normalized spacial score (nSPS) is 9.96. The van der Waals surface area contributed by atoms with E-state index in [0.29, 0.717) is 0 Å².